The second kappa shape index (κ2) is 7.52. The highest BCUT2D eigenvalue weighted by atomic mass is 19.1. The van der Waals surface area contributed by atoms with E-state index >= 15 is 0 Å². The predicted molar refractivity (Wildman–Crippen MR) is 112 cm³/mol. The van der Waals surface area contributed by atoms with Gasteiger partial charge in [-0.1, -0.05) is 18.2 Å². The predicted octanol–water partition coefficient (Wildman–Crippen LogP) is 3.88. The summed E-state index contributed by atoms with van der Waals surface area (Å²) in [4.78, 5) is 14.8. The minimum atomic E-state index is -0.631. The molecule has 0 aromatic heterocycles. The Morgan fingerprint density at radius 2 is 1.97 bits per heavy atom. The molecule has 6 heteroatoms. The number of nitrogens with zero attached hydrogens (tertiary/aromatic N) is 1. The van der Waals surface area contributed by atoms with Gasteiger partial charge in [0.25, 0.3) is 5.91 Å². The molecule has 0 bridgehead atoms. The highest BCUT2D eigenvalue weighted by Crippen LogP contribution is 2.41. The number of carbonyl (C=O) groups is 1. The molecule has 3 heterocycles. The number of likely N-dealkylation sites (tertiary alicyclic amines) is 1. The first-order valence-electron chi connectivity index (χ1n) is 10.2. The molecule has 5 nitrogen and oxygen atoms in total. The van der Waals surface area contributed by atoms with Crippen molar-refractivity contribution in [2.75, 3.05) is 36.8 Å². The van der Waals surface area contributed by atoms with Crippen LogP contribution in [0.15, 0.2) is 42.5 Å². The molecule has 3 aliphatic heterocycles. The molecule has 0 saturated carbocycles. The molecule has 0 spiro atoms. The third-order valence-electron chi connectivity index (χ3n) is 5.89. The number of alkyl halides is 1. The van der Waals surface area contributed by atoms with Crippen LogP contribution in [0.3, 0.4) is 0 Å². The molecule has 1 amide bonds. The van der Waals surface area contributed by atoms with Gasteiger partial charge in [-0.2, -0.15) is 0 Å². The maximum atomic E-state index is 13.2. The van der Waals surface area contributed by atoms with E-state index in [1.807, 2.05) is 36.4 Å². The fraction of sp³-hybridized carbons (Fsp3) is 0.348. The second-order valence-electron chi connectivity index (χ2n) is 7.81. The van der Waals surface area contributed by atoms with Crippen molar-refractivity contribution in [1.29, 1.82) is 0 Å². The van der Waals surface area contributed by atoms with Crippen LogP contribution in [0.25, 0.3) is 11.3 Å². The number of ether oxygens (including phenoxy) is 1. The first-order valence-corrected chi connectivity index (χ1v) is 10.2. The van der Waals surface area contributed by atoms with Gasteiger partial charge in [0, 0.05) is 54.2 Å². The van der Waals surface area contributed by atoms with Gasteiger partial charge in [-0.25, -0.2) is 4.39 Å². The van der Waals surface area contributed by atoms with Crippen LogP contribution in [-0.2, 0) is 16.1 Å². The van der Waals surface area contributed by atoms with Gasteiger partial charge >= 0.3 is 0 Å². The quantitative estimate of drug-likeness (QED) is 0.774. The van der Waals surface area contributed by atoms with Crippen molar-refractivity contribution in [2.45, 2.75) is 25.6 Å². The van der Waals surface area contributed by atoms with Gasteiger partial charge in [0.2, 0.25) is 0 Å². The summed E-state index contributed by atoms with van der Waals surface area (Å²) in [7, 11) is 0. The Hall–Kier alpha value is -2.86. The van der Waals surface area contributed by atoms with Crippen molar-refractivity contribution < 1.29 is 13.9 Å². The van der Waals surface area contributed by atoms with Crippen LogP contribution in [0.5, 0.6) is 0 Å². The van der Waals surface area contributed by atoms with Gasteiger partial charge in [0.1, 0.15) is 18.5 Å². The van der Waals surface area contributed by atoms with Gasteiger partial charge < -0.3 is 20.3 Å². The Kier molecular flexibility index (Phi) is 4.72. The standard InChI is InChI=1S/C23H24FN3O2/c24-16-7-10-27(11-8-16)12-9-25-17-5-6-18-15(13-17)14-29-22(18)21-19-3-1-2-4-20(19)26-23(21)28/h1-6,13,16,25H,7-12,14H2,(H,26,28). The van der Waals surface area contributed by atoms with Crippen LogP contribution in [0.2, 0.25) is 0 Å². The van der Waals surface area contributed by atoms with E-state index in [0.29, 0.717) is 30.8 Å². The Balaban J connectivity index is 1.30. The number of hydrogen-bond donors (Lipinski definition) is 2. The minimum absolute atomic E-state index is 0.117. The zero-order valence-corrected chi connectivity index (χ0v) is 16.2. The number of anilines is 2. The summed E-state index contributed by atoms with van der Waals surface area (Å²) in [6, 6.07) is 13.8. The molecule has 0 unspecified atom stereocenters. The largest absolute Gasteiger partial charge is 0.487 e. The van der Waals surface area contributed by atoms with Crippen molar-refractivity contribution in [3.05, 3.63) is 59.2 Å². The molecule has 0 radical (unpaired) electrons. The molecule has 1 saturated heterocycles. The molecule has 2 aromatic carbocycles. The third-order valence-corrected chi connectivity index (χ3v) is 5.89. The van der Waals surface area contributed by atoms with E-state index in [9.17, 15) is 9.18 Å². The van der Waals surface area contributed by atoms with Crippen LogP contribution < -0.4 is 10.6 Å². The summed E-state index contributed by atoms with van der Waals surface area (Å²) in [5, 5.41) is 6.37. The maximum Gasteiger partial charge on any atom is 0.260 e. The van der Waals surface area contributed by atoms with Crippen molar-refractivity contribution in [3.63, 3.8) is 0 Å². The monoisotopic (exact) mass is 393 g/mol. The fourth-order valence-electron chi connectivity index (χ4n) is 4.31. The van der Waals surface area contributed by atoms with Crippen LogP contribution in [-0.4, -0.2) is 43.2 Å². The molecule has 5 rings (SSSR count). The average molecular weight is 393 g/mol. The van der Waals surface area contributed by atoms with Crippen molar-refractivity contribution >= 4 is 28.6 Å². The van der Waals surface area contributed by atoms with E-state index in [1.165, 1.54) is 0 Å². The molecule has 0 aliphatic carbocycles. The van der Waals surface area contributed by atoms with E-state index in [4.69, 9.17) is 4.74 Å². The molecule has 3 aliphatic rings. The Labute approximate surface area is 169 Å². The molecular formula is C23H24FN3O2. The molecule has 29 heavy (non-hydrogen) atoms. The number of para-hydroxylation sites is 1. The lowest BCUT2D eigenvalue weighted by atomic mass is 10.0. The third kappa shape index (κ3) is 3.49. The Morgan fingerprint density at radius 1 is 1.14 bits per heavy atom. The second-order valence-corrected chi connectivity index (χ2v) is 7.81. The minimum Gasteiger partial charge on any atom is -0.487 e. The number of carbonyl (C=O) groups excluding carboxylic acids is 1. The van der Waals surface area contributed by atoms with Crippen molar-refractivity contribution in [3.8, 4) is 0 Å². The lowest BCUT2D eigenvalue weighted by Crippen LogP contribution is -2.37. The van der Waals surface area contributed by atoms with E-state index in [2.05, 4.69) is 21.6 Å². The van der Waals surface area contributed by atoms with Gasteiger partial charge in [0.05, 0.1) is 5.57 Å². The van der Waals surface area contributed by atoms with E-state index in [1.54, 1.807) is 0 Å². The first-order chi connectivity index (χ1) is 14.2. The molecular weight excluding hydrogens is 369 g/mol. The molecule has 150 valence electrons. The topological polar surface area (TPSA) is 53.6 Å². The average Bonchev–Trinajstić information content (AvgIpc) is 3.28. The zero-order valence-electron chi connectivity index (χ0n) is 16.2. The number of amides is 1. The lowest BCUT2D eigenvalue weighted by Gasteiger charge is -2.28. The first kappa shape index (κ1) is 18.2. The van der Waals surface area contributed by atoms with Crippen LogP contribution >= 0.6 is 0 Å². The molecule has 2 aromatic rings. The smallest absolute Gasteiger partial charge is 0.260 e. The van der Waals surface area contributed by atoms with E-state index in [0.717, 1.165) is 54.2 Å². The number of rotatable bonds is 4. The van der Waals surface area contributed by atoms with Crippen LogP contribution in [0.1, 0.15) is 29.5 Å². The van der Waals surface area contributed by atoms with Crippen LogP contribution in [0, 0.1) is 0 Å². The SMILES string of the molecule is O=C1Nc2ccccc2C1=C1OCc2cc(NCCN3CCC(F)CC3)ccc21. The van der Waals surface area contributed by atoms with Crippen molar-refractivity contribution in [1.82, 2.24) is 4.90 Å². The summed E-state index contributed by atoms with van der Waals surface area (Å²) in [6.45, 7) is 3.86. The fourth-order valence-corrected chi connectivity index (χ4v) is 4.31. The summed E-state index contributed by atoms with van der Waals surface area (Å²) in [6.07, 6.45) is 0.655. The summed E-state index contributed by atoms with van der Waals surface area (Å²) < 4.78 is 19.2. The summed E-state index contributed by atoms with van der Waals surface area (Å²) >= 11 is 0. The van der Waals surface area contributed by atoms with Gasteiger partial charge in [-0.3, -0.25) is 4.79 Å². The maximum absolute atomic E-state index is 13.2. The summed E-state index contributed by atoms with van der Waals surface area (Å²) in [5.41, 5.74) is 5.41. The number of nitrogens with one attached hydrogen (secondary N) is 2. The van der Waals surface area contributed by atoms with E-state index in [-0.39, 0.29) is 5.91 Å². The van der Waals surface area contributed by atoms with E-state index < -0.39 is 6.17 Å². The van der Waals surface area contributed by atoms with Gasteiger partial charge in [0.15, 0.2) is 0 Å². The van der Waals surface area contributed by atoms with Crippen LogP contribution in [0.4, 0.5) is 15.8 Å². The number of piperidine rings is 1. The van der Waals surface area contributed by atoms with Crippen molar-refractivity contribution in [2.24, 2.45) is 0 Å². The number of halogens is 1. The normalized spacial score (nSPS) is 21.5. The molecule has 1 fully saturated rings. The van der Waals surface area contributed by atoms with Gasteiger partial charge in [-0.05, 0) is 37.1 Å². The zero-order chi connectivity index (χ0) is 19.8. The Bertz CT molecular complexity index is 980. The highest BCUT2D eigenvalue weighted by molar-refractivity contribution is 6.36. The van der Waals surface area contributed by atoms with Gasteiger partial charge in [-0.15, -0.1) is 0 Å². The Morgan fingerprint density at radius 3 is 2.83 bits per heavy atom. The number of benzene rings is 2. The number of hydrogen-bond acceptors (Lipinski definition) is 4. The lowest BCUT2D eigenvalue weighted by molar-refractivity contribution is -0.110. The molecule has 0 atom stereocenters. The summed E-state index contributed by atoms with van der Waals surface area (Å²) in [5.74, 6) is 0.538. The molecule has 2 N–H and O–H groups in total. The highest BCUT2D eigenvalue weighted by Gasteiger charge is 2.32. The number of fused-ring (bicyclic) bond motifs is 2.